The SMILES string of the molecule is CN(c1cccc(NC(=O)C2CCN(S(=O)(=O)c3ccc(Cl)cc3)CC2)c1)S(C)(=O)=O. The standard InChI is InChI=1S/C20H24ClN3O5S2/c1-23(30(2,26)27)18-5-3-4-17(14-18)22-20(25)15-10-12-24(13-11-15)31(28,29)19-8-6-16(21)7-9-19/h3-9,14-15H,10-13H2,1-2H3,(H,22,25). The summed E-state index contributed by atoms with van der Waals surface area (Å²) in [6.07, 6.45) is 1.88. The highest BCUT2D eigenvalue weighted by Crippen LogP contribution is 2.26. The Morgan fingerprint density at radius 3 is 2.26 bits per heavy atom. The Kier molecular flexibility index (Phi) is 6.95. The first-order valence-electron chi connectivity index (χ1n) is 9.59. The van der Waals surface area contributed by atoms with E-state index >= 15 is 0 Å². The molecule has 1 heterocycles. The van der Waals surface area contributed by atoms with E-state index in [9.17, 15) is 21.6 Å². The fourth-order valence-electron chi connectivity index (χ4n) is 3.33. The third kappa shape index (κ3) is 5.57. The van der Waals surface area contributed by atoms with E-state index in [0.717, 1.165) is 10.6 Å². The molecule has 1 N–H and O–H groups in total. The quantitative estimate of drug-likeness (QED) is 0.677. The number of nitrogens with zero attached hydrogens (tertiary/aromatic N) is 2. The molecular weight excluding hydrogens is 462 g/mol. The van der Waals surface area contributed by atoms with Crippen LogP contribution in [0.2, 0.25) is 5.02 Å². The van der Waals surface area contributed by atoms with Crippen molar-refractivity contribution in [1.82, 2.24) is 4.31 Å². The summed E-state index contributed by atoms with van der Waals surface area (Å²) in [5.41, 5.74) is 0.915. The molecule has 0 saturated carbocycles. The Morgan fingerprint density at radius 1 is 1.06 bits per heavy atom. The van der Waals surface area contributed by atoms with Crippen LogP contribution in [0.1, 0.15) is 12.8 Å². The second kappa shape index (κ2) is 9.15. The molecule has 1 aliphatic heterocycles. The van der Waals surface area contributed by atoms with Crippen molar-refractivity contribution < 1.29 is 21.6 Å². The largest absolute Gasteiger partial charge is 0.326 e. The summed E-state index contributed by atoms with van der Waals surface area (Å²) in [5.74, 6) is -0.560. The molecule has 2 aromatic rings. The first-order chi connectivity index (χ1) is 14.5. The molecule has 1 saturated heterocycles. The van der Waals surface area contributed by atoms with Crippen molar-refractivity contribution in [3.05, 3.63) is 53.6 Å². The van der Waals surface area contributed by atoms with E-state index in [0.29, 0.717) is 29.2 Å². The number of hydrogen-bond acceptors (Lipinski definition) is 5. The van der Waals surface area contributed by atoms with Crippen LogP contribution >= 0.6 is 11.6 Å². The highest BCUT2D eigenvalue weighted by Gasteiger charge is 2.32. The number of sulfonamides is 2. The predicted molar refractivity (Wildman–Crippen MR) is 121 cm³/mol. The molecule has 0 bridgehead atoms. The summed E-state index contributed by atoms with van der Waals surface area (Å²) >= 11 is 5.83. The molecule has 1 fully saturated rings. The van der Waals surface area contributed by atoms with Gasteiger partial charge in [0.25, 0.3) is 0 Å². The molecule has 0 spiro atoms. The van der Waals surface area contributed by atoms with Gasteiger partial charge in [-0.1, -0.05) is 17.7 Å². The second-order valence-corrected chi connectivity index (χ2v) is 11.8. The molecule has 2 aromatic carbocycles. The fourth-order valence-corrected chi connectivity index (χ4v) is 5.42. The lowest BCUT2D eigenvalue weighted by atomic mass is 9.97. The van der Waals surface area contributed by atoms with Crippen molar-refractivity contribution >= 4 is 48.9 Å². The Bertz CT molecular complexity index is 1160. The molecule has 11 heteroatoms. The number of carbonyl (C=O) groups is 1. The van der Waals surface area contributed by atoms with Crippen molar-refractivity contribution in [3.63, 3.8) is 0 Å². The molecular formula is C20H24ClN3O5S2. The molecule has 1 amide bonds. The van der Waals surface area contributed by atoms with Crippen molar-refractivity contribution in [2.24, 2.45) is 5.92 Å². The minimum atomic E-state index is -3.64. The van der Waals surface area contributed by atoms with Gasteiger partial charge in [0.05, 0.1) is 16.8 Å². The molecule has 168 valence electrons. The highest BCUT2D eigenvalue weighted by atomic mass is 35.5. The van der Waals surface area contributed by atoms with Gasteiger partial charge in [-0.15, -0.1) is 0 Å². The van der Waals surface area contributed by atoms with E-state index in [2.05, 4.69) is 5.32 Å². The Morgan fingerprint density at radius 2 is 1.68 bits per heavy atom. The van der Waals surface area contributed by atoms with Crippen LogP contribution in [0.15, 0.2) is 53.4 Å². The number of amides is 1. The zero-order valence-electron chi connectivity index (χ0n) is 17.2. The van der Waals surface area contributed by atoms with Crippen molar-refractivity contribution in [2.75, 3.05) is 36.0 Å². The van der Waals surface area contributed by atoms with E-state index in [1.165, 1.54) is 35.6 Å². The Labute approximate surface area is 187 Å². The average Bonchev–Trinajstić information content (AvgIpc) is 2.73. The lowest BCUT2D eigenvalue weighted by Crippen LogP contribution is -2.41. The third-order valence-corrected chi connectivity index (χ3v) is 8.62. The van der Waals surface area contributed by atoms with Crippen LogP contribution in [-0.4, -0.2) is 53.4 Å². The van der Waals surface area contributed by atoms with Gasteiger partial charge in [-0.3, -0.25) is 9.10 Å². The monoisotopic (exact) mass is 485 g/mol. The second-order valence-electron chi connectivity index (χ2n) is 7.40. The first kappa shape index (κ1) is 23.5. The summed E-state index contributed by atoms with van der Waals surface area (Å²) < 4.78 is 51.5. The van der Waals surface area contributed by atoms with E-state index in [1.807, 2.05) is 0 Å². The van der Waals surface area contributed by atoms with Gasteiger partial charge in [0.2, 0.25) is 26.0 Å². The van der Waals surface area contributed by atoms with E-state index < -0.39 is 20.0 Å². The summed E-state index contributed by atoms with van der Waals surface area (Å²) in [6, 6.07) is 12.6. The van der Waals surface area contributed by atoms with Crippen LogP contribution in [0.4, 0.5) is 11.4 Å². The van der Waals surface area contributed by atoms with Gasteiger partial charge < -0.3 is 5.32 Å². The van der Waals surface area contributed by atoms with Gasteiger partial charge in [-0.05, 0) is 55.3 Å². The molecule has 1 aliphatic rings. The lowest BCUT2D eigenvalue weighted by Gasteiger charge is -2.30. The number of nitrogens with one attached hydrogen (secondary N) is 1. The summed E-state index contributed by atoms with van der Waals surface area (Å²) in [5, 5.41) is 3.27. The van der Waals surface area contributed by atoms with Crippen LogP contribution < -0.4 is 9.62 Å². The highest BCUT2D eigenvalue weighted by molar-refractivity contribution is 7.92. The fraction of sp³-hybridized carbons (Fsp3) is 0.350. The van der Waals surface area contributed by atoms with Gasteiger partial charge in [-0.25, -0.2) is 16.8 Å². The van der Waals surface area contributed by atoms with Crippen molar-refractivity contribution in [1.29, 1.82) is 0 Å². The van der Waals surface area contributed by atoms with E-state index in [-0.39, 0.29) is 29.8 Å². The summed E-state index contributed by atoms with van der Waals surface area (Å²) in [4.78, 5) is 12.9. The number of anilines is 2. The van der Waals surface area contributed by atoms with Crippen molar-refractivity contribution in [3.8, 4) is 0 Å². The molecule has 0 aromatic heterocycles. The number of benzene rings is 2. The molecule has 0 atom stereocenters. The maximum atomic E-state index is 12.8. The van der Waals surface area contributed by atoms with Crippen LogP contribution in [0.3, 0.4) is 0 Å². The summed E-state index contributed by atoms with van der Waals surface area (Å²) in [6.45, 7) is 0.472. The maximum absolute atomic E-state index is 12.8. The zero-order valence-corrected chi connectivity index (χ0v) is 19.5. The van der Waals surface area contributed by atoms with Gasteiger partial charge in [0.1, 0.15) is 0 Å². The topological polar surface area (TPSA) is 104 Å². The van der Waals surface area contributed by atoms with Crippen LogP contribution in [0, 0.1) is 5.92 Å². The van der Waals surface area contributed by atoms with Crippen LogP contribution in [0.5, 0.6) is 0 Å². The lowest BCUT2D eigenvalue weighted by molar-refractivity contribution is -0.120. The number of hydrogen-bond donors (Lipinski definition) is 1. The summed E-state index contributed by atoms with van der Waals surface area (Å²) in [7, 11) is -5.61. The zero-order chi connectivity index (χ0) is 22.8. The predicted octanol–water partition coefficient (Wildman–Crippen LogP) is 2.78. The Balaban J connectivity index is 1.63. The van der Waals surface area contributed by atoms with Gasteiger partial charge in [0.15, 0.2) is 0 Å². The maximum Gasteiger partial charge on any atom is 0.243 e. The van der Waals surface area contributed by atoms with Crippen LogP contribution in [-0.2, 0) is 24.8 Å². The van der Waals surface area contributed by atoms with Gasteiger partial charge >= 0.3 is 0 Å². The molecule has 0 aliphatic carbocycles. The minimum Gasteiger partial charge on any atom is -0.326 e. The molecule has 0 radical (unpaired) electrons. The Hall–Kier alpha value is -2.14. The van der Waals surface area contributed by atoms with Gasteiger partial charge in [0, 0.05) is 36.8 Å². The van der Waals surface area contributed by atoms with Gasteiger partial charge in [-0.2, -0.15) is 4.31 Å². The molecule has 8 nitrogen and oxygen atoms in total. The minimum absolute atomic E-state index is 0.173. The number of carbonyl (C=O) groups excluding carboxylic acids is 1. The normalized spacial score (nSPS) is 16.1. The first-order valence-corrected chi connectivity index (χ1v) is 13.3. The molecule has 3 rings (SSSR count). The number of rotatable bonds is 6. The van der Waals surface area contributed by atoms with E-state index in [4.69, 9.17) is 11.6 Å². The average molecular weight is 486 g/mol. The molecule has 31 heavy (non-hydrogen) atoms. The number of piperidine rings is 1. The number of halogens is 1. The van der Waals surface area contributed by atoms with Crippen molar-refractivity contribution in [2.45, 2.75) is 17.7 Å². The third-order valence-electron chi connectivity index (χ3n) is 5.25. The van der Waals surface area contributed by atoms with Crippen LogP contribution in [0.25, 0.3) is 0 Å². The molecule has 0 unspecified atom stereocenters. The smallest absolute Gasteiger partial charge is 0.243 e. The van der Waals surface area contributed by atoms with E-state index in [1.54, 1.807) is 24.3 Å².